The molecular formula is C18H20BrNO. The van der Waals surface area contributed by atoms with E-state index in [1.54, 1.807) is 0 Å². The van der Waals surface area contributed by atoms with Gasteiger partial charge in [0.15, 0.2) is 0 Å². The number of anilines is 1. The second kappa shape index (κ2) is 6.99. The molecule has 0 aliphatic carbocycles. The molecule has 3 rings (SSSR count). The fraction of sp³-hybridized carbons (Fsp3) is 0.333. The fourth-order valence-electron chi connectivity index (χ4n) is 2.73. The van der Waals surface area contributed by atoms with Crippen LogP contribution in [0.2, 0.25) is 0 Å². The monoisotopic (exact) mass is 345 g/mol. The number of ether oxygens (including phenoxy) is 1. The minimum atomic E-state index is 0.614. The number of rotatable bonds is 4. The van der Waals surface area contributed by atoms with E-state index in [4.69, 9.17) is 4.74 Å². The summed E-state index contributed by atoms with van der Waals surface area (Å²) in [5.74, 6) is 0.976. The Bertz CT molecular complexity index is 579. The second-order valence-corrected chi connectivity index (χ2v) is 6.35. The largest absolute Gasteiger partial charge is 0.487 e. The highest BCUT2D eigenvalue weighted by Crippen LogP contribution is 2.33. The predicted octanol–water partition coefficient (Wildman–Crippen LogP) is 5.02. The van der Waals surface area contributed by atoms with Crippen molar-refractivity contribution in [2.75, 3.05) is 18.0 Å². The minimum absolute atomic E-state index is 0.614. The van der Waals surface area contributed by atoms with Crippen molar-refractivity contribution >= 4 is 21.6 Å². The molecule has 1 aliphatic rings. The third-order valence-electron chi connectivity index (χ3n) is 3.85. The van der Waals surface area contributed by atoms with Gasteiger partial charge in [0.1, 0.15) is 12.4 Å². The van der Waals surface area contributed by atoms with Gasteiger partial charge in [0.05, 0.1) is 5.69 Å². The lowest BCUT2D eigenvalue weighted by molar-refractivity contribution is 0.306. The Morgan fingerprint density at radius 1 is 0.952 bits per heavy atom. The summed E-state index contributed by atoms with van der Waals surface area (Å²) in [6, 6.07) is 16.6. The predicted molar refractivity (Wildman–Crippen MR) is 91.0 cm³/mol. The number of halogens is 1. The van der Waals surface area contributed by atoms with Crippen molar-refractivity contribution in [3.05, 3.63) is 58.6 Å². The summed E-state index contributed by atoms with van der Waals surface area (Å²) in [6.45, 7) is 2.86. The zero-order chi connectivity index (χ0) is 14.5. The first kappa shape index (κ1) is 14.5. The van der Waals surface area contributed by atoms with E-state index in [0.29, 0.717) is 6.61 Å². The second-order valence-electron chi connectivity index (χ2n) is 5.43. The molecule has 0 saturated carbocycles. The van der Waals surface area contributed by atoms with Crippen LogP contribution >= 0.6 is 15.9 Å². The molecule has 3 heteroatoms. The first-order valence-electron chi connectivity index (χ1n) is 7.54. The van der Waals surface area contributed by atoms with Gasteiger partial charge in [-0.25, -0.2) is 0 Å². The SMILES string of the molecule is Brc1ccc(OCc2ccccc2)c(N2CCCCC2)c1. The number of hydrogen-bond donors (Lipinski definition) is 0. The summed E-state index contributed by atoms with van der Waals surface area (Å²) >= 11 is 3.58. The van der Waals surface area contributed by atoms with E-state index in [9.17, 15) is 0 Å². The summed E-state index contributed by atoms with van der Waals surface area (Å²) in [5.41, 5.74) is 2.41. The van der Waals surface area contributed by atoms with Gasteiger partial charge in [-0.15, -0.1) is 0 Å². The van der Waals surface area contributed by atoms with E-state index in [0.717, 1.165) is 23.3 Å². The van der Waals surface area contributed by atoms with Crippen molar-refractivity contribution in [2.24, 2.45) is 0 Å². The molecule has 21 heavy (non-hydrogen) atoms. The maximum Gasteiger partial charge on any atom is 0.143 e. The van der Waals surface area contributed by atoms with Crippen LogP contribution in [0.25, 0.3) is 0 Å². The Kier molecular flexibility index (Phi) is 4.81. The number of benzene rings is 2. The molecule has 0 atom stereocenters. The molecule has 0 N–H and O–H groups in total. The van der Waals surface area contributed by atoms with Crippen LogP contribution in [-0.2, 0) is 6.61 Å². The molecule has 1 saturated heterocycles. The average molecular weight is 346 g/mol. The van der Waals surface area contributed by atoms with Crippen molar-refractivity contribution in [2.45, 2.75) is 25.9 Å². The van der Waals surface area contributed by atoms with Crippen molar-refractivity contribution in [1.29, 1.82) is 0 Å². The zero-order valence-electron chi connectivity index (χ0n) is 12.1. The van der Waals surface area contributed by atoms with E-state index in [1.807, 2.05) is 24.3 Å². The summed E-state index contributed by atoms with van der Waals surface area (Å²) < 4.78 is 7.18. The summed E-state index contributed by atoms with van der Waals surface area (Å²) in [5, 5.41) is 0. The molecule has 0 unspecified atom stereocenters. The smallest absolute Gasteiger partial charge is 0.143 e. The summed E-state index contributed by atoms with van der Waals surface area (Å²) in [6.07, 6.45) is 3.87. The van der Waals surface area contributed by atoms with Crippen molar-refractivity contribution < 1.29 is 4.74 Å². The van der Waals surface area contributed by atoms with Gasteiger partial charge in [-0.1, -0.05) is 46.3 Å². The highest BCUT2D eigenvalue weighted by Gasteiger charge is 2.15. The highest BCUT2D eigenvalue weighted by atomic mass is 79.9. The average Bonchev–Trinajstić information content (AvgIpc) is 2.55. The maximum atomic E-state index is 6.07. The lowest BCUT2D eigenvalue weighted by atomic mass is 10.1. The summed E-state index contributed by atoms with van der Waals surface area (Å²) in [7, 11) is 0. The van der Waals surface area contributed by atoms with Gasteiger partial charge in [-0.05, 0) is 43.0 Å². The van der Waals surface area contributed by atoms with Gasteiger partial charge in [-0.3, -0.25) is 0 Å². The Morgan fingerprint density at radius 2 is 1.71 bits per heavy atom. The van der Waals surface area contributed by atoms with Crippen LogP contribution in [0, 0.1) is 0 Å². The Hall–Kier alpha value is -1.48. The van der Waals surface area contributed by atoms with Gasteiger partial charge in [-0.2, -0.15) is 0 Å². The fourth-order valence-corrected chi connectivity index (χ4v) is 3.08. The van der Waals surface area contributed by atoms with Crippen LogP contribution in [0.5, 0.6) is 5.75 Å². The Labute approximate surface area is 134 Å². The quantitative estimate of drug-likeness (QED) is 0.771. The van der Waals surface area contributed by atoms with E-state index in [1.165, 1.54) is 30.5 Å². The van der Waals surface area contributed by atoms with Crippen molar-refractivity contribution in [3.8, 4) is 5.75 Å². The highest BCUT2D eigenvalue weighted by molar-refractivity contribution is 9.10. The van der Waals surface area contributed by atoms with Gasteiger partial charge in [0, 0.05) is 17.6 Å². The van der Waals surface area contributed by atoms with Crippen molar-refractivity contribution in [3.63, 3.8) is 0 Å². The maximum absolute atomic E-state index is 6.07. The molecule has 0 spiro atoms. The molecule has 0 bridgehead atoms. The molecule has 2 aromatic carbocycles. The first-order valence-corrected chi connectivity index (χ1v) is 8.33. The lowest BCUT2D eigenvalue weighted by Gasteiger charge is -2.30. The van der Waals surface area contributed by atoms with Gasteiger partial charge >= 0.3 is 0 Å². The lowest BCUT2D eigenvalue weighted by Crippen LogP contribution is -2.29. The third kappa shape index (κ3) is 3.79. The molecule has 0 radical (unpaired) electrons. The van der Waals surface area contributed by atoms with Crippen LogP contribution < -0.4 is 9.64 Å². The molecular weight excluding hydrogens is 326 g/mol. The normalized spacial score (nSPS) is 15.0. The Balaban J connectivity index is 1.77. The van der Waals surface area contributed by atoms with E-state index < -0.39 is 0 Å². The molecule has 1 fully saturated rings. The number of nitrogens with zero attached hydrogens (tertiary/aromatic N) is 1. The van der Waals surface area contributed by atoms with E-state index in [2.05, 4.69) is 45.1 Å². The molecule has 0 aromatic heterocycles. The van der Waals surface area contributed by atoms with E-state index >= 15 is 0 Å². The van der Waals surface area contributed by atoms with Gasteiger partial charge in [0.2, 0.25) is 0 Å². The number of hydrogen-bond acceptors (Lipinski definition) is 2. The van der Waals surface area contributed by atoms with Crippen LogP contribution in [0.4, 0.5) is 5.69 Å². The molecule has 2 nitrogen and oxygen atoms in total. The first-order chi connectivity index (χ1) is 10.3. The third-order valence-corrected chi connectivity index (χ3v) is 4.35. The van der Waals surface area contributed by atoms with Gasteiger partial charge in [0.25, 0.3) is 0 Å². The standard InChI is InChI=1S/C18H20BrNO/c19-16-9-10-18(21-14-15-7-3-1-4-8-15)17(13-16)20-11-5-2-6-12-20/h1,3-4,7-10,13H,2,5-6,11-12,14H2. The zero-order valence-corrected chi connectivity index (χ0v) is 13.7. The van der Waals surface area contributed by atoms with Gasteiger partial charge < -0.3 is 9.64 Å². The van der Waals surface area contributed by atoms with Crippen molar-refractivity contribution in [1.82, 2.24) is 0 Å². The van der Waals surface area contributed by atoms with Crippen LogP contribution in [-0.4, -0.2) is 13.1 Å². The summed E-state index contributed by atoms with van der Waals surface area (Å²) in [4.78, 5) is 2.44. The Morgan fingerprint density at radius 3 is 2.48 bits per heavy atom. The van der Waals surface area contributed by atoms with Crippen LogP contribution in [0.1, 0.15) is 24.8 Å². The van der Waals surface area contributed by atoms with Crippen LogP contribution in [0.3, 0.4) is 0 Å². The van der Waals surface area contributed by atoms with Crippen LogP contribution in [0.15, 0.2) is 53.0 Å². The molecule has 0 amide bonds. The molecule has 1 heterocycles. The minimum Gasteiger partial charge on any atom is -0.487 e. The molecule has 2 aromatic rings. The number of piperidine rings is 1. The van der Waals surface area contributed by atoms with E-state index in [-0.39, 0.29) is 0 Å². The molecule has 1 aliphatic heterocycles. The molecule has 110 valence electrons. The topological polar surface area (TPSA) is 12.5 Å².